The van der Waals surface area contributed by atoms with Crippen LogP contribution in [-0.4, -0.2) is 28.2 Å². The highest BCUT2D eigenvalue weighted by Gasteiger charge is 2.29. The molecule has 0 saturated carbocycles. The molecule has 5 heteroatoms. The highest BCUT2D eigenvalue weighted by Crippen LogP contribution is 2.41. The minimum atomic E-state index is -0.253. The van der Waals surface area contributed by atoms with Gasteiger partial charge in [-0.1, -0.05) is 133 Å². The summed E-state index contributed by atoms with van der Waals surface area (Å²) < 4.78 is 5.01. The van der Waals surface area contributed by atoms with Crippen LogP contribution in [0.3, 0.4) is 0 Å². The van der Waals surface area contributed by atoms with Gasteiger partial charge in [-0.3, -0.25) is 0 Å². The van der Waals surface area contributed by atoms with Gasteiger partial charge in [0.25, 0.3) is 0 Å². The zero-order chi connectivity index (χ0) is 35.0. The maximum Gasteiger partial charge on any atom is 0.159 e. The van der Waals surface area contributed by atoms with Gasteiger partial charge in [0.05, 0.1) is 16.7 Å². The normalized spacial score (nSPS) is 14.9. The molecule has 0 N–H and O–H groups in total. The van der Waals surface area contributed by atoms with Gasteiger partial charge >= 0.3 is 0 Å². The lowest BCUT2D eigenvalue weighted by molar-refractivity contribution is 0.383. The molecule has 0 bridgehead atoms. The van der Waals surface area contributed by atoms with Crippen molar-refractivity contribution in [2.24, 2.45) is 9.98 Å². The fourth-order valence-electron chi connectivity index (χ4n) is 8.38. The van der Waals surface area contributed by atoms with E-state index < -0.39 is 0 Å². The van der Waals surface area contributed by atoms with Gasteiger partial charge in [0, 0.05) is 54.5 Å². The lowest BCUT2D eigenvalue weighted by atomic mass is 9.99. The third-order valence-corrected chi connectivity index (χ3v) is 12.0. The summed E-state index contributed by atoms with van der Waals surface area (Å²) in [7, 11) is 2.13. The Morgan fingerprint density at radius 3 is 2.09 bits per heavy atom. The largest absolute Gasteiger partial charge is 0.333 e. The van der Waals surface area contributed by atoms with Crippen molar-refractivity contribution in [3.05, 3.63) is 187 Å². The van der Waals surface area contributed by atoms with Crippen molar-refractivity contribution in [1.29, 1.82) is 0 Å². The molecule has 250 valence electrons. The minimum Gasteiger partial charge on any atom is -0.333 e. The molecule has 1 atom stereocenters. The molecule has 1 unspecified atom stereocenters. The highest BCUT2D eigenvalue weighted by atomic mass is 32.1. The lowest BCUT2D eigenvalue weighted by Crippen LogP contribution is -2.35. The molecule has 0 spiro atoms. The fraction of sp³-hybridized carbons (Fsp3) is 0.0417. The Bertz CT molecular complexity index is 3150. The summed E-state index contributed by atoms with van der Waals surface area (Å²) in [6, 6.07) is 61.2. The molecule has 0 aliphatic carbocycles. The summed E-state index contributed by atoms with van der Waals surface area (Å²) in [5, 5.41) is 9.96. The average molecular weight is 697 g/mol. The van der Waals surface area contributed by atoms with E-state index in [2.05, 4.69) is 180 Å². The predicted molar refractivity (Wildman–Crippen MR) is 225 cm³/mol. The number of hydrogen-bond donors (Lipinski definition) is 0. The van der Waals surface area contributed by atoms with E-state index in [0.29, 0.717) is 0 Å². The van der Waals surface area contributed by atoms with Crippen LogP contribution >= 0.6 is 11.3 Å². The third kappa shape index (κ3) is 4.61. The summed E-state index contributed by atoms with van der Waals surface area (Å²) in [5.74, 6) is 1.64. The van der Waals surface area contributed by atoms with Gasteiger partial charge in [0.1, 0.15) is 5.84 Å². The Morgan fingerprint density at radius 2 is 1.23 bits per heavy atom. The van der Waals surface area contributed by atoms with E-state index in [-0.39, 0.29) is 6.17 Å². The second kappa shape index (κ2) is 11.7. The Balaban J connectivity index is 1.11. The number of aliphatic imine (C=N–C) groups is 2. The van der Waals surface area contributed by atoms with Gasteiger partial charge in [-0.25, -0.2) is 9.98 Å². The average Bonchev–Trinajstić information content (AvgIpc) is 3.76. The minimum absolute atomic E-state index is 0.253. The Hall–Kier alpha value is -6.56. The molecule has 1 aliphatic rings. The maximum absolute atomic E-state index is 5.34. The zero-order valence-electron chi connectivity index (χ0n) is 28.9. The second-order valence-corrected chi connectivity index (χ2v) is 14.9. The van der Waals surface area contributed by atoms with Crippen molar-refractivity contribution < 1.29 is 0 Å². The van der Waals surface area contributed by atoms with Crippen LogP contribution in [-0.2, 0) is 0 Å². The predicted octanol–water partition coefficient (Wildman–Crippen LogP) is 12.3. The number of aromatic nitrogens is 1. The first-order valence-corrected chi connectivity index (χ1v) is 18.8. The molecule has 8 aromatic carbocycles. The van der Waals surface area contributed by atoms with Crippen molar-refractivity contribution in [1.82, 2.24) is 9.47 Å². The Morgan fingerprint density at radius 1 is 0.528 bits per heavy atom. The first-order valence-electron chi connectivity index (χ1n) is 18.0. The molecule has 2 aromatic heterocycles. The maximum atomic E-state index is 5.34. The first-order chi connectivity index (χ1) is 26.2. The molecular formula is C48H32N4S. The van der Waals surface area contributed by atoms with Crippen molar-refractivity contribution in [2.75, 3.05) is 7.05 Å². The quantitative estimate of drug-likeness (QED) is 0.180. The molecule has 0 fully saturated rings. The van der Waals surface area contributed by atoms with Crippen LogP contribution in [0.25, 0.3) is 69.2 Å². The summed E-state index contributed by atoms with van der Waals surface area (Å²) in [5.41, 5.74) is 6.77. The number of benzene rings is 8. The van der Waals surface area contributed by atoms with E-state index in [9.17, 15) is 0 Å². The van der Waals surface area contributed by atoms with E-state index in [0.717, 1.165) is 39.4 Å². The van der Waals surface area contributed by atoms with Gasteiger partial charge in [0.2, 0.25) is 0 Å². The highest BCUT2D eigenvalue weighted by molar-refractivity contribution is 7.25. The van der Waals surface area contributed by atoms with Crippen LogP contribution in [0.5, 0.6) is 0 Å². The van der Waals surface area contributed by atoms with Gasteiger partial charge in [0.15, 0.2) is 12.0 Å². The number of fused-ring (bicyclic) bond motifs is 9. The smallest absolute Gasteiger partial charge is 0.159 e. The fourth-order valence-corrected chi connectivity index (χ4v) is 9.53. The van der Waals surface area contributed by atoms with Crippen LogP contribution in [0, 0.1) is 0 Å². The second-order valence-electron chi connectivity index (χ2n) is 13.8. The number of thiophene rings is 1. The van der Waals surface area contributed by atoms with E-state index >= 15 is 0 Å². The van der Waals surface area contributed by atoms with Crippen LogP contribution < -0.4 is 0 Å². The molecule has 3 heterocycles. The van der Waals surface area contributed by atoms with Crippen LogP contribution in [0.2, 0.25) is 0 Å². The molecule has 0 saturated heterocycles. The number of rotatable bonds is 4. The Labute approximate surface area is 310 Å². The molecule has 0 radical (unpaired) electrons. The van der Waals surface area contributed by atoms with Crippen LogP contribution in [0.4, 0.5) is 0 Å². The summed E-state index contributed by atoms with van der Waals surface area (Å²) in [6.45, 7) is 0. The van der Waals surface area contributed by atoms with E-state index in [1.54, 1.807) is 0 Å². The van der Waals surface area contributed by atoms with Gasteiger partial charge in [-0.05, 0) is 58.1 Å². The monoisotopic (exact) mass is 696 g/mol. The van der Waals surface area contributed by atoms with Gasteiger partial charge in [-0.2, -0.15) is 0 Å². The summed E-state index contributed by atoms with van der Waals surface area (Å²) in [4.78, 5) is 12.9. The van der Waals surface area contributed by atoms with Crippen molar-refractivity contribution >= 4 is 86.5 Å². The van der Waals surface area contributed by atoms with Gasteiger partial charge < -0.3 is 9.47 Å². The van der Waals surface area contributed by atoms with Crippen molar-refractivity contribution in [3.63, 3.8) is 0 Å². The van der Waals surface area contributed by atoms with Crippen LogP contribution in [0.15, 0.2) is 180 Å². The molecule has 4 nitrogen and oxygen atoms in total. The van der Waals surface area contributed by atoms with E-state index in [1.807, 2.05) is 17.4 Å². The number of nitrogens with zero attached hydrogens (tertiary/aromatic N) is 4. The van der Waals surface area contributed by atoms with E-state index in [1.165, 1.54) is 58.1 Å². The standard InChI is InChI=1S/C48H32N4S/c1-51-47(32-23-25-37-36-19-10-12-22-43(36)53-44(37)29-32)49-46(31-14-3-2-4-15-31)50-48(51)38-26-28-41(35-18-8-7-17-34(35)38)52-40-21-11-9-20-39(40)45-33-16-6-5-13-30(33)24-27-42(45)52/h2-29,47H,1H3. The topological polar surface area (TPSA) is 32.9 Å². The number of para-hydroxylation sites is 1. The molecule has 53 heavy (non-hydrogen) atoms. The number of hydrogen-bond acceptors (Lipinski definition) is 4. The van der Waals surface area contributed by atoms with Crippen molar-refractivity contribution in [2.45, 2.75) is 6.17 Å². The summed E-state index contributed by atoms with van der Waals surface area (Å²) >= 11 is 1.84. The first kappa shape index (κ1) is 30.1. The van der Waals surface area contributed by atoms with Crippen molar-refractivity contribution in [3.8, 4) is 5.69 Å². The molecular weight excluding hydrogens is 665 g/mol. The molecule has 11 rings (SSSR count). The van der Waals surface area contributed by atoms with E-state index in [4.69, 9.17) is 9.98 Å². The van der Waals surface area contributed by atoms with Gasteiger partial charge in [-0.15, -0.1) is 11.3 Å². The lowest BCUT2D eigenvalue weighted by Gasteiger charge is -2.33. The molecule has 10 aromatic rings. The molecule has 0 amide bonds. The van der Waals surface area contributed by atoms with Crippen LogP contribution in [0.1, 0.15) is 22.9 Å². The zero-order valence-corrected chi connectivity index (χ0v) is 29.8. The molecule has 1 aliphatic heterocycles. The number of amidine groups is 2. The Kier molecular flexibility index (Phi) is 6.67. The SMILES string of the molecule is CN1C(c2ccc(-n3c4ccccc4c4c5ccccc5ccc43)c3ccccc23)=NC(c2ccccc2)=NC1c1ccc2c(c1)sc1ccccc12. The third-order valence-electron chi connectivity index (χ3n) is 10.8. The summed E-state index contributed by atoms with van der Waals surface area (Å²) in [6.07, 6.45) is -0.253.